The second-order valence-corrected chi connectivity index (χ2v) is 7.32. The highest BCUT2D eigenvalue weighted by Gasteiger charge is 2.31. The molecule has 9 heteroatoms. The maximum atomic E-state index is 12.8. The number of hydrogen-bond acceptors (Lipinski definition) is 3. The van der Waals surface area contributed by atoms with Crippen molar-refractivity contribution < 1.29 is 22.4 Å². The van der Waals surface area contributed by atoms with Gasteiger partial charge in [-0.25, -0.2) is 0 Å². The van der Waals surface area contributed by atoms with E-state index in [1.165, 1.54) is 11.9 Å². The van der Waals surface area contributed by atoms with Crippen molar-refractivity contribution in [3.63, 3.8) is 0 Å². The van der Waals surface area contributed by atoms with Gasteiger partial charge in [-0.1, -0.05) is 28.1 Å². The Kier molecular flexibility index (Phi) is 5.97. The molecule has 1 aromatic carbocycles. The number of likely N-dealkylation sites (N-methyl/N-ethyl adjacent to an activating group) is 1. The minimum absolute atomic E-state index is 0.114. The molecule has 1 amide bonds. The monoisotopic (exact) mass is 468 g/mol. The average Bonchev–Trinajstić information content (AvgIpc) is 3.11. The van der Waals surface area contributed by atoms with Gasteiger partial charge < -0.3 is 13.9 Å². The Hall–Kier alpha value is -2.81. The molecule has 0 radical (unpaired) electrons. The summed E-state index contributed by atoms with van der Waals surface area (Å²) in [5, 5.41) is 0. The number of halogens is 4. The summed E-state index contributed by atoms with van der Waals surface area (Å²) in [4.78, 5) is 25.5. The number of benzene rings is 1. The Bertz CT molecular complexity index is 1070. The van der Waals surface area contributed by atoms with Gasteiger partial charge in [0.1, 0.15) is 18.1 Å². The Labute approximate surface area is 172 Å². The molecule has 0 aliphatic rings. The first-order valence-corrected chi connectivity index (χ1v) is 9.29. The van der Waals surface area contributed by atoms with Crippen molar-refractivity contribution >= 4 is 21.8 Å². The third-order valence-electron chi connectivity index (χ3n) is 4.23. The van der Waals surface area contributed by atoms with Crippen LogP contribution in [-0.4, -0.2) is 22.4 Å². The van der Waals surface area contributed by atoms with Gasteiger partial charge in [-0.2, -0.15) is 13.2 Å². The Morgan fingerprint density at radius 1 is 1.10 bits per heavy atom. The molecule has 152 valence electrons. The number of aromatic nitrogens is 1. The zero-order chi connectivity index (χ0) is 21.2. The van der Waals surface area contributed by atoms with Crippen LogP contribution >= 0.6 is 15.9 Å². The first-order valence-electron chi connectivity index (χ1n) is 8.50. The summed E-state index contributed by atoms with van der Waals surface area (Å²) in [7, 11) is 1.49. The van der Waals surface area contributed by atoms with Crippen molar-refractivity contribution in [2.45, 2.75) is 19.3 Å². The van der Waals surface area contributed by atoms with Crippen molar-refractivity contribution in [3.8, 4) is 11.3 Å². The summed E-state index contributed by atoms with van der Waals surface area (Å²) in [6.45, 7) is -0.386. The number of amides is 1. The zero-order valence-corrected chi connectivity index (χ0v) is 16.8. The number of pyridine rings is 1. The number of carbonyl (C=O) groups excluding carboxylic acids is 1. The molecule has 0 fully saturated rings. The van der Waals surface area contributed by atoms with E-state index in [9.17, 15) is 22.8 Å². The highest BCUT2D eigenvalue weighted by Crippen LogP contribution is 2.28. The van der Waals surface area contributed by atoms with Crippen molar-refractivity contribution in [1.29, 1.82) is 0 Å². The lowest BCUT2D eigenvalue weighted by molar-refractivity contribution is -0.138. The van der Waals surface area contributed by atoms with Crippen LogP contribution in [0.3, 0.4) is 0 Å². The van der Waals surface area contributed by atoms with E-state index in [1.54, 1.807) is 12.1 Å². The molecule has 29 heavy (non-hydrogen) atoms. The van der Waals surface area contributed by atoms with E-state index in [1.807, 2.05) is 24.3 Å². The number of nitrogens with zero attached hydrogens (tertiary/aromatic N) is 2. The second kappa shape index (κ2) is 8.28. The number of hydrogen-bond donors (Lipinski definition) is 0. The largest absolute Gasteiger partial charge is 0.459 e. The predicted molar refractivity (Wildman–Crippen MR) is 104 cm³/mol. The maximum absolute atomic E-state index is 12.8. The zero-order valence-electron chi connectivity index (χ0n) is 15.2. The fourth-order valence-corrected chi connectivity index (χ4v) is 2.91. The summed E-state index contributed by atoms with van der Waals surface area (Å²) < 4.78 is 45.9. The molecule has 0 bridgehead atoms. The molecule has 0 atom stereocenters. The SMILES string of the molecule is CN(Cc1ccc(-c2ccc(Br)cc2)o1)C(=O)Cn1cc(C(F)(F)F)ccc1=O. The summed E-state index contributed by atoms with van der Waals surface area (Å²) in [6, 6.07) is 12.5. The Morgan fingerprint density at radius 3 is 2.45 bits per heavy atom. The number of carbonyl (C=O) groups is 1. The standard InChI is InChI=1S/C20H16BrF3N2O3/c1-25(11-16-7-8-17(29-16)13-2-5-15(21)6-3-13)19(28)12-26-10-14(20(22,23)24)4-9-18(26)27/h2-10H,11-12H2,1H3. The van der Waals surface area contributed by atoms with Crippen LogP contribution in [0.4, 0.5) is 13.2 Å². The molecular formula is C20H16BrF3N2O3. The first-order chi connectivity index (χ1) is 13.6. The van der Waals surface area contributed by atoms with Crippen LogP contribution in [0.5, 0.6) is 0 Å². The molecule has 0 spiro atoms. The summed E-state index contributed by atoms with van der Waals surface area (Å²) in [5.41, 5.74) is -0.808. The van der Waals surface area contributed by atoms with Crippen molar-refractivity contribution in [1.82, 2.24) is 9.47 Å². The van der Waals surface area contributed by atoms with Crippen LogP contribution in [-0.2, 0) is 24.1 Å². The maximum Gasteiger partial charge on any atom is 0.417 e. The highest BCUT2D eigenvalue weighted by molar-refractivity contribution is 9.10. The van der Waals surface area contributed by atoms with E-state index >= 15 is 0 Å². The van der Waals surface area contributed by atoms with Crippen molar-refractivity contribution in [3.05, 3.63) is 80.9 Å². The predicted octanol–water partition coefficient (Wildman–Crippen LogP) is 4.55. The first kappa shape index (κ1) is 20.9. The summed E-state index contributed by atoms with van der Waals surface area (Å²) >= 11 is 3.36. The van der Waals surface area contributed by atoms with E-state index in [0.717, 1.165) is 20.7 Å². The van der Waals surface area contributed by atoms with Gasteiger partial charge in [0.2, 0.25) is 5.91 Å². The minimum atomic E-state index is -4.60. The molecule has 2 aromatic heterocycles. The van der Waals surface area contributed by atoms with Gasteiger partial charge in [0.15, 0.2) is 0 Å². The minimum Gasteiger partial charge on any atom is -0.459 e. The van der Waals surface area contributed by atoms with Crippen molar-refractivity contribution in [2.24, 2.45) is 0 Å². The van der Waals surface area contributed by atoms with Crippen LogP contribution in [0.2, 0.25) is 0 Å². The molecule has 3 aromatic rings. The third kappa shape index (κ3) is 5.17. The van der Waals surface area contributed by atoms with E-state index in [-0.39, 0.29) is 6.54 Å². The van der Waals surface area contributed by atoms with Crippen LogP contribution in [0.15, 0.2) is 68.4 Å². The van der Waals surface area contributed by atoms with E-state index in [4.69, 9.17) is 4.42 Å². The third-order valence-corrected chi connectivity index (χ3v) is 4.75. The van der Waals surface area contributed by atoms with Gasteiger partial charge in [-0.15, -0.1) is 0 Å². The van der Waals surface area contributed by atoms with Gasteiger partial charge in [0.25, 0.3) is 5.56 Å². The van der Waals surface area contributed by atoms with Gasteiger partial charge in [0.05, 0.1) is 12.1 Å². The van der Waals surface area contributed by atoms with Crippen LogP contribution < -0.4 is 5.56 Å². The second-order valence-electron chi connectivity index (χ2n) is 6.40. The van der Waals surface area contributed by atoms with Crippen molar-refractivity contribution in [2.75, 3.05) is 7.05 Å². The van der Waals surface area contributed by atoms with Gasteiger partial charge in [0, 0.05) is 29.3 Å². The average molecular weight is 469 g/mol. The molecule has 0 N–H and O–H groups in total. The van der Waals surface area contributed by atoms with E-state index in [0.29, 0.717) is 23.8 Å². The molecule has 0 unspecified atom stereocenters. The lowest BCUT2D eigenvalue weighted by Gasteiger charge is -2.17. The summed E-state index contributed by atoms with van der Waals surface area (Å²) in [6.07, 6.45) is -3.95. The number of furan rings is 1. The summed E-state index contributed by atoms with van der Waals surface area (Å²) in [5.74, 6) is 0.616. The quantitative estimate of drug-likeness (QED) is 0.551. The highest BCUT2D eigenvalue weighted by atomic mass is 79.9. The fraction of sp³-hybridized carbons (Fsp3) is 0.200. The molecule has 0 saturated heterocycles. The van der Waals surface area contributed by atoms with Crippen LogP contribution in [0.1, 0.15) is 11.3 Å². The van der Waals surface area contributed by atoms with Gasteiger partial charge >= 0.3 is 6.18 Å². The van der Waals surface area contributed by atoms with Crippen LogP contribution in [0.25, 0.3) is 11.3 Å². The van der Waals surface area contributed by atoms with E-state index < -0.39 is 29.8 Å². The fourth-order valence-electron chi connectivity index (χ4n) is 2.64. The molecular weight excluding hydrogens is 453 g/mol. The Balaban J connectivity index is 1.69. The Morgan fingerprint density at radius 2 is 1.79 bits per heavy atom. The lowest BCUT2D eigenvalue weighted by atomic mass is 10.2. The number of alkyl halides is 3. The smallest absolute Gasteiger partial charge is 0.417 e. The number of rotatable bonds is 5. The molecule has 0 aliphatic heterocycles. The molecule has 5 nitrogen and oxygen atoms in total. The van der Waals surface area contributed by atoms with Crippen LogP contribution in [0, 0.1) is 0 Å². The van der Waals surface area contributed by atoms with Gasteiger partial charge in [-0.3, -0.25) is 9.59 Å². The molecule has 0 saturated carbocycles. The topological polar surface area (TPSA) is 55.5 Å². The molecule has 2 heterocycles. The molecule has 3 rings (SSSR count). The molecule has 0 aliphatic carbocycles. The van der Waals surface area contributed by atoms with E-state index in [2.05, 4.69) is 15.9 Å². The lowest BCUT2D eigenvalue weighted by Crippen LogP contribution is -2.33. The normalized spacial score (nSPS) is 11.5. The van der Waals surface area contributed by atoms with Gasteiger partial charge in [-0.05, 0) is 30.3 Å².